The van der Waals surface area contributed by atoms with Crippen LogP contribution in [0.4, 0.5) is 0 Å². The van der Waals surface area contributed by atoms with Crippen molar-refractivity contribution in [1.82, 2.24) is 10.1 Å². The first-order valence-corrected chi connectivity index (χ1v) is 7.33. The highest BCUT2D eigenvalue weighted by atomic mass is 16.5. The van der Waals surface area contributed by atoms with E-state index in [0.29, 0.717) is 11.7 Å². The monoisotopic (exact) mass is 287 g/mol. The molecule has 1 aliphatic rings. The van der Waals surface area contributed by atoms with Crippen molar-refractivity contribution < 1.29 is 9.26 Å². The zero-order valence-corrected chi connectivity index (χ0v) is 12.5. The average Bonchev–Trinajstić information content (AvgIpc) is 3.18. The van der Waals surface area contributed by atoms with Crippen molar-refractivity contribution in [3.05, 3.63) is 47.6 Å². The van der Waals surface area contributed by atoms with Gasteiger partial charge in [-0.15, -0.1) is 0 Å². The summed E-state index contributed by atoms with van der Waals surface area (Å²) in [5.41, 5.74) is 6.15. The molecule has 5 heteroatoms. The van der Waals surface area contributed by atoms with Crippen LogP contribution >= 0.6 is 0 Å². The van der Waals surface area contributed by atoms with Gasteiger partial charge >= 0.3 is 0 Å². The summed E-state index contributed by atoms with van der Waals surface area (Å²) in [5.74, 6) is 1.04. The molecule has 1 aliphatic carbocycles. The largest absolute Gasteiger partial charge is 0.370 e. The van der Waals surface area contributed by atoms with Crippen molar-refractivity contribution in [1.29, 1.82) is 0 Å². The smallest absolute Gasteiger partial charge is 0.251 e. The molecule has 2 N–H and O–H groups in total. The maximum absolute atomic E-state index is 6.42. The molecule has 0 bridgehead atoms. The second kappa shape index (κ2) is 5.24. The summed E-state index contributed by atoms with van der Waals surface area (Å²) < 4.78 is 11.1. The van der Waals surface area contributed by atoms with Crippen LogP contribution in [0.25, 0.3) is 0 Å². The van der Waals surface area contributed by atoms with Crippen LogP contribution in [0.5, 0.6) is 0 Å². The topological polar surface area (TPSA) is 74.2 Å². The lowest BCUT2D eigenvalue weighted by molar-refractivity contribution is -0.0178. The van der Waals surface area contributed by atoms with E-state index in [-0.39, 0.29) is 0 Å². The van der Waals surface area contributed by atoms with Crippen LogP contribution in [0.15, 0.2) is 34.9 Å². The highest BCUT2D eigenvalue weighted by Crippen LogP contribution is 2.40. The van der Waals surface area contributed by atoms with Gasteiger partial charge in [0.1, 0.15) is 11.1 Å². The van der Waals surface area contributed by atoms with E-state index in [1.54, 1.807) is 7.11 Å². The zero-order chi connectivity index (χ0) is 14.9. The third-order valence-electron chi connectivity index (χ3n) is 4.45. The molecule has 5 nitrogen and oxygen atoms in total. The molecule has 1 fully saturated rings. The number of aromatic nitrogens is 2. The molecule has 1 heterocycles. The molecule has 0 aliphatic heterocycles. The van der Waals surface area contributed by atoms with Crippen molar-refractivity contribution in [3.63, 3.8) is 0 Å². The molecule has 21 heavy (non-hydrogen) atoms. The molecule has 1 saturated carbocycles. The van der Waals surface area contributed by atoms with Gasteiger partial charge < -0.3 is 15.0 Å². The molecule has 3 rings (SSSR count). The molecule has 1 aromatic carbocycles. The van der Waals surface area contributed by atoms with Gasteiger partial charge in [0.2, 0.25) is 5.82 Å². The van der Waals surface area contributed by atoms with Crippen LogP contribution in [0.1, 0.15) is 49.9 Å². The minimum atomic E-state index is -0.806. The predicted octanol–water partition coefficient (Wildman–Crippen LogP) is 2.71. The molecular weight excluding hydrogens is 266 g/mol. The van der Waals surface area contributed by atoms with Crippen molar-refractivity contribution in [2.24, 2.45) is 5.73 Å². The lowest BCUT2D eigenvalue weighted by Gasteiger charge is -2.23. The van der Waals surface area contributed by atoms with E-state index < -0.39 is 11.1 Å². The number of rotatable bonds is 4. The van der Waals surface area contributed by atoms with E-state index in [2.05, 4.69) is 10.1 Å². The Balaban J connectivity index is 1.95. The van der Waals surface area contributed by atoms with E-state index in [4.69, 9.17) is 15.0 Å². The molecule has 1 atom stereocenters. The third-order valence-corrected chi connectivity index (χ3v) is 4.45. The van der Waals surface area contributed by atoms with Gasteiger partial charge in [0.15, 0.2) is 0 Å². The average molecular weight is 287 g/mol. The Morgan fingerprint density at radius 1 is 1.24 bits per heavy atom. The maximum atomic E-state index is 6.42. The molecule has 2 aromatic rings. The third kappa shape index (κ3) is 2.36. The molecule has 0 saturated heterocycles. The van der Waals surface area contributed by atoms with E-state index in [1.807, 2.05) is 37.3 Å². The molecule has 0 amide bonds. The van der Waals surface area contributed by atoms with Gasteiger partial charge in [0.25, 0.3) is 5.89 Å². The number of nitrogens with two attached hydrogens (primary N) is 1. The van der Waals surface area contributed by atoms with Crippen LogP contribution in [-0.2, 0) is 15.9 Å². The molecule has 0 radical (unpaired) electrons. The fourth-order valence-corrected chi connectivity index (χ4v) is 2.99. The molecule has 1 aromatic heterocycles. The number of hydrogen-bond acceptors (Lipinski definition) is 5. The van der Waals surface area contributed by atoms with E-state index in [9.17, 15) is 0 Å². The molecular formula is C16H21N3O2. The lowest BCUT2D eigenvalue weighted by Crippen LogP contribution is -2.35. The summed E-state index contributed by atoms with van der Waals surface area (Å²) >= 11 is 0. The Hall–Kier alpha value is -1.72. The number of methoxy groups -OCH3 is 1. The Morgan fingerprint density at radius 3 is 2.52 bits per heavy atom. The fraction of sp³-hybridized carbons (Fsp3) is 0.500. The summed E-state index contributed by atoms with van der Waals surface area (Å²) in [6.07, 6.45) is 4.09. The summed E-state index contributed by atoms with van der Waals surface area (Å²) in [5, 5.41) is 4.14. The maximum Gasteiger partial charge on any atom is 0.251 e. The molecule has 1 unspecified atom stereocenters. The molecule has 112 valence electrons. The highest BCUT2D eigenvalue weighted by Gasteiger charge is 2.42. The van der Waals surface area contributed by atoms with E-state index in [1.165, 1.54) is 0 Å². The fourth-order valence-electron chi connectivity index (χ4n) is 2.99. The van der Waals surface area contributed by atoms with E-state index in [0.717, 1.165) is 31.2 Å². The van der Waals surface area contributed by atoms with Gasteiger partial charge in [0.05, 0.1) is 0 Å². The van der Waals surface area contributed by atoms with Gasteiger partial charge in [-0.2, -0.15) is 4.98 Å². The van der Waals surface area contributed by atoms with Gasteiger partial charge in [-0.1, -0.05) is 35.5 Å². The van der Waals surface area contributed by atoms with Crippen molar-refractivity contribution in [2.45, 2.75) is 43.7 Å². The minimum absolute atomic E-state index is 0.408. The van der Waals surface area contributed by atoms with Gasteiger partial charge in [-0.25, -0.2) is 0 Å². The van der Waals surface area contributed by atoms with Crippen LogP contribution in [0.3, 0.4) is 0 Å². The summed E-state index contributed by atoms with van der Waals surface area (Å²) in [7, 11) is 1.71. The first-order valence-electron chi connectivity index (χ1n) is 7.33. The van der Waals surface area contributed by atoms with Gasteiger partial charge in [0, 0.05) is 7.11 Å². The highest BCUT2D eigenvalue weighted by molar-refractivity contribution is 5.29. The second-order valence-electron chi connectivity index (χ2n) is 5.90. The Kier molecular flexibility index (Phi) is 3.55. The van der Waals surface area contributed by atoms with Crippen molar-refractivity contribution in [3.8, 4) is 0 Å². The van der Waals surface area contributed by atoms with Crippen molar-refractivity contribution >= 4 is 0 Å². The van der Waals surface area contributed by atoms with Gasteiger partial charge in [-0.3, -0.25) is 0 Å². The van der Waals surface area contributed by atoms with Crippen LogP contribution < -0.4 is 5.73 Å². The van der Waals surface area contributed by atoms with Crippen molar-refractivity contribution in [2.75, 3.05) is 7.11 Å². The standard InChI is InChI=1S/C16H21N3O2/c1-15(17,12-8-4-3-5-9-12)14-18-13(19-21-14)16(20-2)10-6-7-11-16/h3-5,8-9H,6-7,10-11,17H2,1-2H3. The SMILES string of the molecule is COC1(c2noc(C(C)(N)c3ccccc3)n2)CCCC1. The second-order valence-corrected chi connectivity index (χ2v) is 5.90. The number of nitrogens with zero attached hydrogens (tertiary/aromatic N) is 2. The minimum Gasteiger partial charge on any atom is -0.370 e. The van der Waals surface area contributed by atoms with E-state index >= 15 is 0 Å². The lowest BCUT2D eigenvalue weighted by atomic mass is 9.93. The summed E-state index contributed by atoms with van der Waals surface area (Å²) in [4.78, 5) is 4.56. The Bertz CT molecular complexity index is 601. The van der Waals surface area contributed by atoms with Crippen LogP contribution in [-0.4, -0.2) is 17.3 Å². The summed E-state index contributed by atoms with van der Waals surface area (Å²) in [6, 6.07) is 9.78. The first-order chi connectivity index (χ1) is 10.1. The quantitative estimate of drug-likeness (QED) is 0.935. The predicted molar refractivity (Wildman–Crippen MR) is 78.5 cm³/mol. The first kappa shape index (κ1) is 14.2. The number of hydrogen-bond donors (Lipinski definition) is 1. The molecule has 0 spiro atoms. The number of benzene rings is 1. The van der Waals surface area contributed by atoms with Crippen LogP contribution in [0.2, 0.25) is 0 Å². The Labute approximate surface area is 124 Å². The normalized spacial score (nSPS) is 20.3. The van der Waals surface area contributed by atoms with Crippen LogP contribution in [0, 0.1) is 0 Å². The number of ether oxygens (including phenoxy) is 1. The van der Waals surface area contributed by atoms with Gasteiger partial charge in [-0.05, 0) is 38.2 Å². The Morgan fingerprint density at radius 2 is 1.90 bits per heavy atom. The summed E-state index contributed by atoms with van der Waals surface area (Å²) in [6.45, 7) is 1.88. The zero-order valence-electron chi connectivity index (χ0n) is 12.5.